The minimum Gasteiger partial charge on any atom is -0.507 e. The van der Waals surface area contributed by atoms with Gasteiger partial charge in [-0.05, 0) is 36.7 Å². The topological polar surface area (TPSA) is 37.3 Å². The fourth-order valence-electron chi connectivity index (χ4n) is 1.93. The fourth-order valence-corrected chi connectivity index (χ4v) is 1.93. The molecule has 0 radical (unpaired) electrons. The number of aliphatic hydroxyl groups excluding tert-OH is 1. The lowest BCUT2D eigenvalue weighted by Crippen LogP contribution is -2.20. The van der Waals surface area contributed by atoms with E-state index in [4.69, 9.17) is 0 Å². The van der Waals surface area contributed by atoms with Crippen molar-refractivity contribution in [3.8, 4) is 0 Å². The van der Waals surface area contributed by atoms with Gasteiger partial charge in [-0.25, -0.2) is 0 Å². The smallest absolute Gasteiger partial charge is 0.163 e. The van der Waals surface area contributed by atoms with E-state index in [1.165, 1.54) is 13.0 Å². The van der Waals surface area contributed by atoms with Crippen molar-refractivity contribution in [1.29, 1.82) is 0 Å². The SMILES string of the molecule is C=C/C(O)=C(\C=C\C(CC(C)C)C(C)(C)C)C(C)=O. The predicted molar refractivity (Wildman–Crippen MR) is 82.1 cm³/mol. The number of aliphatic hydroxyl groups is 1. The quantitative estimate of drug-likeness (QED) is 0.423. The van der Waals surface area contributed by atoms with Gasteiger partial charge >= 0.3 is 0 Å². The molecular formula is C17H28O2. The van der Waals surface area contributed by atoms with Crippen molar-refractivity contribution in [3.05, 3.63) is 36.1 Å². The third-order valence-corrected chi connectivity index (χ3v) is 3.18. The Morgan fingerprint density at radius 3 is 2.16 bits per heavy atom. The number of hydrogen-bond donors (Lipinski definition) is 1. The van der Waals surface area contributed by atoms with Gasteiger partial charge in [0, 0.05) is 0 Å². The van der Waals surface area contributed by atoms with Crippen molar-refractivity contribution in [1.82, 2.24) is 0 Å². The first kappa shape index (κ1) is 17.7. The van der Waals surface area contributed by atoms with E-state index in [2.05, 4.69) is 41.2 Å². The lowest BCUT2D eigenvalue weighted by molar-refractivity contribution is -0.113. The summed E-state index contributed by atoms with van der Waals surface area (Å²) in [6.07, 6.45) is 6.13. The van der Waals surface area contributed by atoms with Gasteiger partial charge in [0.1, 0.15) is 5.76 Å². The van der Waals surface area contributed by atoms with Gasteiger partial charge in [0.05, 0.1) is 5.57 Å². The molecule has 0 aromatic heterocycles. The molecule has 0 heterocycles. The molecule has 1 unspecified atom stereocenters. The van der Waals surface area contributed by atoms with Crippen molar-refractivity contribution in [3.63, 3.8) is 0 Å². The second kappa shape index (κ2) is 7.32. The zero-order valence-electron chi connectivity index (χ0n) is 13.2. The van der Waals surface area contributed by atoms with Crippen LogP contribution in [0.1, 0.15) is 48.0 Å². The Morgan fingerprint density at radius 2 is 1.84 bits per heavy atom. The number of rotatable bonds is 6. The third-order valence-electron chi connectivity index (χ3n) is 3.18. The van der Waals surface area contributed by atoms with E-state index in [1.54, 1.807) is 6.08 Å². The molecule has 0 bridgehead atoms. The zero-order valence-corrected chi connectivity index (χ0v) is 13.2. The summed E-state index contributed by atoms with van der Waals surface area (Å²) in [5, 5.41) is 9.68. The van der Waals surface area contributed by atoms with Crippen LogP contribution in [0.3, 0.4) is 0 Å². The van der Waals surface area contributed by atoms with Gasteiger partial charge in [-0.3, -0.25) is 4.79 Å². The molecule has 0 aliphatic carbocycles. The second-order valence-corrected chi connectivity index (χ2v) is 6.52. The highest BCUT2D eigenvalue weighted by Gasteiger charge is 2.23. The van der Waals surface area contributed by atoms with Crippen LogP contribution in [0.25, 0.3) is 0 Å². The van der Waals surface area contributed by atoms with E-state index < -0.39 is 0 Å². The molecule has 0 rings (SSSR count). The van der Waals surface area contributed by atoms with Crippen LogP contribution in [0, 0.1) is 17.3 Å². The third kappa shape index (κ3) is 6.42. The van der Waals surface area contributed by atoms with Gasteiger partial charge in [-0.1, -0.05) is 53.3 Å². The number of Topliss-reactive ketones (excluding diaryl/α,β-unsaturated/α-hetero) is 1. The van der Waals surface area contributed by atoms with E-state index in [0.717, 1.165) is 6.42 Å². The largest absolute Gasteiger partial charge is 0.507 e. The molecule has 0 fully saturated rings. The molecule has 0 amide bonds. The zero-order chi connectivity index (χ0) is 15.2. The molecule has 108 valence electrons. The molecule has 0 aliphatic heterocycles. The van der Waals surface area contributed by atoms with Gasteiger partial charge < -0.3 is 5.11 Å². The fraction of sp³-hybridized carbons (Fsp3) is 0.588. The summed E-state index contributed by atoms with van der Waals surface area (Å²) in [5.41, 5.74) is 0.458. The molecular weight excluding hydrogens is 236 g/mol. The Kier molecular flexibility index (Phi) is 6.82. The van der Waals surface area contributed by atoms with E-state index >= 15 is 0 Å². The van der Waals surface area contributed by atoms with Crippen molar-refractivity contribution in [2.45, 2.75) is 48.0 Å². The maximum absolute atomic E-state index is 11.5. The summed E-state index contributed by atoms with van der Waals surface area (Å²) < 4.78 is 0. The molecule has 2 nitrogen and oxygen atoms in total. The summed E-state index contributed by atoms with van der Waals surface area (Å²) >= 11 is 0. The van der Waals surface area contributed by atoms with Crippen LogP contribution in [0.15, 0.2) is 36.1 Å². The van der Waals surface area contributed by atoms with Crippen molar-refractivity contribution in [2.75, 3.05) is 0 Å². The Hall–Kier alpha value is -1.31. The van der Waals surface area contributed by atoms with Gasteiger partial charge in [0.25, 0.3) is 0 Å². The van der Waals surface area contributed by atoms with Crippen LogP contribution < -0.4 is 0 Å². The first-order chi connectivity index (χ1) is 8.59. The van der Waals surface area contributed by atoms with E-state index in [0.29, 0.717) is 17.4 Å². The molecule has 0 aromatic rings. The first-order valence-corrected chi connectivity index (χ1v) is 6.84. The lowest BCUT2D eigenvalue weighted by Gasteiger charge is -2.29. The summed E-state index contributed by atoms with van der Waals surface area (Å²) in [5.74, 6) is 0.748. The van der Waals surface area contributed by atoms with Gasteiger partial charge in [0.15, 0.2) is 5.78 Å². The lowest BCUT2D eigenvalue weighted by atomic mass is 9.76. The maximum atomic E-state index is 11.5. The van der Waals surface area contributed by atoms with Crippen LogP contribution >= 0.6 is 0 Å². The van der Waals surface area contributed by atoms with Crippen LogP contribution in [0.4, 0.5) is 0 Å². The standard InChI is InChI=1S/C17H28O2/c1-8-16(19)15(13(4)18)10-9-14(11-12(2)3)17(5,6)7/h8-10,12,14,19H,1,11H2,2-7H3/b10-9+,16-15-. The number of hydrogen-bond acceptors (Lipinski definition) is 2. The summed E-state index contributed by atoms with van der Waals surface area (Å²) in [7, 11) is 0. The van der Waals surface area contributed by atoms with E-state index in [9.17, 15) is 9.90 Å². The molecule has 2 heteroatoms. The Bertz CT molecular complexity index is 379. The van der Waals surface area contributed by atoms with E-state index in [1.807, 2.05) is 6.08 Å². The highest BCUT2D eigenvalue weighted by Crippen LogP contribution is 2.32. The summed E-state index contributed by atoms with van der Waals surface area (Å²) in [6.45, 7) is 15.9. The summed E-state index contributed by atoms with van der Waals surface area (Å²) in [6, 6.07) is 0. The van der Waals surface area contributed by atoms with Gasteiger partial charge in [0.2, 0.25) is 0 Å². The average Bonchev–Trinajstić information content (AvgIpc) is 2.24. The number of carbonyl (C=O) groups is 1. The van der Waals surface area contributed by atoms with Crippen molar-refractivity contribution < 1.29 is 9.90 Å². The van der Waals surface area contributed by atoms with Gasteiger partial charge in [-0.2, -0.15) is 0 Å². The molecule has 0 aliphatic rings. The molecule has 1 N–H and O–H groups in total. The van der Waals surface area contributed by atoms with E-state index in [-0.39, 0.29) is 17.0 Å². The molecule has 0 spiro atoms. The normalized spacial score (nSPS) is 15.5. The van der Waals surface area contributed by atoms with Crippen molar-refractivity contribution >= 4 is 5.78 Å². The van der Waals surface area contributed by atoms with Crippen LogP contribution in [0.5, 0.6) is 0 Å². The highest BCUT2D eigenvalue weighted by molar-refractivity contribution is 5.96. The Balaban J connectivity index is 5.27. The molecule has 1 atom stereocenters. The molecule has 0 aromatic carbocycles. The van der Waals surface area contributed by atoms with Crippen molar-refractivity contribution in [2.24, 2.45) is 17.3 Å². The van der Waals surface area contributed by atoms with Crippen LogP contribution in [0.2, 0.25) is 0 Å². The molecule has 19 heavy (non-hydrogen) atoms. The van der Waals surface area contributed by atoms with Gasteiger partial charge in [-0.15, -0.1) is 0 Å². The maximum Gasteiger partial charge on any atom is 0.163 e. The number of allylic oxidation sites excluding steroid dienone is 4. The Morgan fingerprint density at radius 1 is 1.32 bits per heavy atom. The minimum atomic E-state index is -0.147. The summed E-state index contributed by atoms with van der Waals surface area (Å²) in [4.78, 5) is 11.5. The number of ketones is 1. The molecule has 0 saturated heterocycles. The second-order valence-electron chi connectivity index (χ2n) is 6.52. The molecule has 0 saturated carbocycles. The van der Waals surface area contributed by atoms with Crippen LogP contribution in [-0.4, -0.2) is 10.9 Å². The first-order valence-electron chi connectivity index (χ1n) is 6.84. The predicted octanol–water partition coefficient (Wildman–Crippen LogP) is 4.84. The Labute approximate surface area is 117 Å². The monoisotopic (exact) mass is 264 g/mol. The van der Waals surface area contributed by atoms with Crippen LogP contribution in [-0.2, 0) is 4.79 Å². The highest BCUT2D eigenvalue weighted by atomic mass is 16.3. The number of carbonyl (C=O) groups excluding carboxylic acids is 1. The minimum absolute atomic E-state index is 0.0547. The average molecular weight is 264 g/mol.